The smallest absolute Gasteiger partial charge is 0.159 e. The molecule has 0 aromatic carbocycles. The molecular formula is C12H20N2O3S. The molecule has 0 saturated heterocycles. The van der Waals surface area contributed by atoms with Crippen molar-refractivity contribution in [2.75, 3.05) is 6.26 Å². The van der Waals surface area contributed by atoms with E-state index in [1.807, 2.05) is 19.9 Å². The molecule has 0 aliphatic rings. The Morgan fingerprint density at radius 3 is 2.44 bits per heavy atom. The predicted octanol–water partition coefficient (Wildman–Crippen LogP) is 1.15. The maximum atomic E-state index is 12.1. The molecule has 1 aromatic heterocycles. The number of rotatable bonds is 5. The van der Waals surface area contributed by atoms with Crippen LogP contribution >= 0.6 is 0 Å². The van der Waals surface area contributed by atoms with Crippen LogP contribution in [-0.4, -0.2) is 35.0 Å². The Labute approximate surface area is 108 Å². The van der Waals surface area contributed by atoms with Crippen molar-refractivity contribution in [2.24, 2.45) is 0 Å². The number of aromatic nitrogens is 2. The molecule has 0 N–H and O–H groups in total. The Bertz CT molecular complexity index is 556. The Balaban J connectivity index is 3.02. The van der Waals surface area contributed by atoms with Crippen molar-refractivity contribution >= 4 is 15.6 Å². The fourth-order valence-electron chi connectivity index (χ4n) is 1.60. The zero-order valence-electron chi connectivity index (χ0n) is 11.5. The van der Waals surface area contributed by atoms with Crippen molar-refractivity contribution in [2.45, 2.75) is 45.4 Å². The number of aryl methyl sites for hydroxylation is 2. The molecule has 0 unspecified atom stereocenters. The third kappa shape index (κ3) is 2.80. The molecule has 0 atom stereocenters. The van der Waals surface area contributed by atoms with E-state index in [2.05, 4.69) is 5.10 Å². The maximum Gasteiger partial charge on any atom is 0.159 e. The minimum absolute atomic E-state index is 0.0920. The summed E-state index contributed by atoms with van der Waals surface area (Å²) in [6, 6.07) is 1.82. The number of ketones is 1. The van der Waals surface area contributed by atoms with E-state index in [1.165, 1.54) is 13.8 Å². The highest BCUT2D eigenvalue weighted by Gasteiger charge is 2.38. The molecule has 0 aliphatic heterocycles. The highest BCUT2D eigenvalue weighted by atomic mass is 32.2. The Morgan fingerprint density at radius 2 is 2.00 bits per heavy atom. The van der Waals surface area contributed by atoms with Gasteiger partial charge in [0.1, 0.15) is 4.75 Å². The summed E-state index contributed by atoms with van der Waals surface area (Å²) in [6.07, 6.45) is 1.18. The second-order valence-corrected chi connectivity index (χ2v) is 7.54. The predicted molar refractivity (Wildman–Crippen MR) is 70.3 cm³/mol. The molecule has 0 fully saturated rings. The highest BCUT2D eigenvalue weighted by molar-refractivity contribution is 7.92. The molecule has 0 radical (unpaired) electrons. The SMILES string of the molecule is CCn1nc(C)cc1CC(=O)C(C)(C)S(C)(=O)=O. The number of nitrogens with zero attached hydrogens (tertiary/aromatic N) is 2. The molecule has 102 valence electrons. The van der Waals surface area contributed by atoms with E-state index in [1.54, 1.807) is 4.68 Å². The first kappa shape index (κ1) is 14.9. The van der Waals surface area contributed by atoms with E-state index in [0.717, 1.165) is 17.6 Å². The van der Waals surface area contributed by atoms with Crippen molar-refractivity contribution in [1.29, 1.82) is 0 Å². The lowest BCUT2D eigenvalue weighted by atomic mass is 10.0. The fraction of sp³-hybridized carbons (Fsp3) is 0.667. The normalized spacial score (nSPS) is 12.7. The molecule has 1 rings (SSSR count). The average molecular weight is 272 g/mol. The van der Waals surface area contributed by atoms with Crippen LogP contribution in [0.1, 0.15) is 32.2 Å². The molecule has 0 aliphatic carbocycles. The van der Waals surface area contributed by atoms with Crippen LogP contribution in [0.4, 0.5) is 0 Å². The summed E-state index contributed by atoms with van der Waals surface area (Å²) in [6.45, 7) is 7.34. The fourth-order valence-corrected chi connectivity index (χ4v) is 2.09. The second kappa shape index (κ2) is 4.84. The zero-order valence-corrected chi connectivity index (χ0v) is 12.3. The Morgan fingerprint density at radius 1 is 1.44 bits per heavy atom. The lowest BCUT2D eigenvalue weighted by Crippen LogP contribution is -2.41. The maximum absolute atomic E-state index is 12.1. The summed E-state index contributed by atoms with van der Waals surface area (Å²) < 4.78 is 23.6. The van der Waals surface area contributed by atoms with Gasteiger partial charge in [-0.15, -0.1) is 0 Å². The van der Waals surface area contributed by atoms with E-state index >= 15 is 0 Å². The van der Waals surface area contributed by atoms with Gasteiger partial charge in [0.2, 0.25) is 0 Å². The van der Waals surface area contributed by atoms with Crippen molar-refractivity contribution < 1.29 is 13.2 Å². The van der Waals surface area contributed by atoms with E-state index in [0.29, 0.717) is 6.54 Å². The first-order chi connectivity index (χ1) is 8.09. The van der Waals surface area contributed by atoms with Crippen LogP contribution in [0.15, 0.2) is 6.07 Å². The summed E-state index contributed by atoms with van der Waals surface area (Å²) in [7, 11) is -3.41. The van der Waals surface area contributed by atoms with Gasteiger partial charge < -0.3 is 0 Å². The van der Waals surface area contributed by atoms with Gasteiger partial charge >= 0.3 is 0 Å². The van der Waals surface area contributed by atoms with E-state index in [4.69, 9.17) is 0 Å². The van der Waals surface area contributed by atoms with Gasteiger partial charge in [-0.1, -0.05) is 0 Å². The molecule has 0 saturated carbocycles. The number of Topliss-reactive ketones (excluding diaryl/α,β-unsaturated/α-hetero) is 1. The molecule has 18 heavy (non-hydrogen) atoms. The number of carbonyl (C=O) groups excluding carboxylic acids is 1. The second-order valence-electron chi connectivity index (χ2n) is 4.98. The third-order valence-electron chi connectivity index (χ3n) is 3.23. The molecule has 0 amide bonds. The van der Waals surface area contributed by atoms with Gasteiger partial charge in [0.05, 0.1) is 12.1 Å². The number of sulfone groups is 1. The van der Waals surface area contributed by atoms with Crippen LogP contribution in [0, 0.1) is 6.92 Å². The Hall–Kier alpha value is -1.17. The summed E-state index contributed by atoms with van der Waals surface area (Å²) in [5.41, 5.74) is 1.59. The highest BCUT2D eigenvalue weighted by Crippen LogP contribution is 2.19. The standard InChI is InChI=1S/C12H20N2O3S/c1-6-14-10(7-9(2)13-14)8-11(15)12(3,4)18(5,16)17/h7H,6,8H2,1-5H3. The van der Waals surface area contributed by atoms with Gasteiger partial charge in [0.15, 0.2) is 15.6 Å². The third-order valence-corrected chi connectivity index (χ3v) is 5.31. The average Bonchev–Trinajstić information content (AvgIpc) is 2.56. The summed E-state index contributed by atoms with van der Waals surface area (Å²) in [5.74, 6) is -0.306. The summed E-state index contributed by atoms with van der Waals surface area (Å²) in [5, 5.41) is 4.24. The first-order valence-corrected chi connectivity index (χ1v) is 7.75. The van der Waals surface area contributed by atoms with Gasteiger partial charge in [-0.25, -0.2) is 8.42 Å². The quantitative estimate of drug-likeness (QED) is 0.806. The van der Waals surface area contributed by atoms with Gasteiger partial charge in [-0.2, -0.15) is 5.10 Å². The molecule has 0 spiro atoms. The van der Waals surface area contributed by atoms with E-state index in [-0.39, 0.29) is 12.2 Å². The van der Waals surface area contributed by atoms with Crippen molar-refractivity contribution in [3.63, 3.8) is 0 Å². The van der Waals surface area contributed by atoms with E-state index < -0.39 is 14.6 Å². The molecule has 1 aromatic rings. The van der Waals surface area contributed by atoms with Crippen molar-refractivity contribution in [3.05, 3.63) is 17.5 Å². The lowest BCUT2D eigenvalue weighted by molar-refractivity contribution is -0.120. The van der Waals surface area contributed by atoms with E-state index in [9.17, 15) is 13.2 Å². The molecule has 0 bridgehead atoms. The molecule has 5 nitrogen and oxygen atoms in total. The van der Waals surface area contributed by atoms with Crippen molar-refractivity contribution in [3.8, 4) is 0 Å². The van der Waals surface area contributed by atoms with Gasteiger partial charge in [-0.3, -0.25) is 9.48 Å². The van der Waals surface area contributed by atoms with Gasteiger partial charge in [0.25, 0.3) is 0 Å². The first-order valence-electron chi connectivity index (χ1n) is 5.85. The number of hydrogen-bond donors (Lipinski definition) is 0. The molecule has 1 heterocycles. The van der Waals surface area contributed by atoms with Crippen LogP contribution in [0.25, 0.3) is 0 Å². The summed E-state index contributed by atoms with van der Waals surface area (Å²) >= 11 is 0. The van der Waals surface area contributed by atoms with Crippen LogP contribution in [0.3, 0.4) is 0 Å². The number of hydrogen-bond acceptors (Lipinski definition) is 4. The molecular weight excluding hydrogens is 252 g/mol. The zero-order chi connectivity index (χ0) is 14.1. The van der Waals surface area contributed by atoms with Crippen LogP contribution < -0.4 is 0 Å². The topological polar surface area (TPSA) is 69.0 Å². The molecule has 6 heteroatoms. The van der Waals surface area contributed by atoms with Crippen molar-refractivity contribution in [1.82, 2.24) is 9.78 Å². The summed E-state index contributed by atoms with van der Waals surface area (Å²) in [4.78, 5) is 12.1. The Kier molecular flexibility index (Phi) is 4.00. The van der Waals surface area contributed by atoms with Gasteiger partial charge in [-0.05, 0) is 33.8 Å². The van der Waals surface area contributed by atoms with Crippen LogP contribution in [0.5, 0.6) is 0 Å². The largest absolute Gasteiger partial charge is 0.298 e. The van der Waals surface area contributed by atoms with Gasteiger partial charge in [0, 0.05) is 18.5 Å². The monoisotopic (exact) mass is 272 g/mol. The van der Waals surface area contributed by atoms with Crippen LogP contribution in [-0.2, 0) is 27.6 Å². The minimum Gasteiger partial charge on any atom is -0.298 e. The lowest BCUT2D eigenvalue weighted by Gasteiger charge is -2.20. The van der Waals surface area contributed by atoms with Crippen LogP contribution in [0.2, 0.25) is 0 Å². The minimum atomic E-state index is -3.41. The number of carbonyl (C=O) groups is 1.